The Kier molecular flexibility index (Phi) is 3.55. The van der Waals surface area contributed by atoms with Gasteiger partial charge in [0.2, 0.25) is 0 Å². The quantitative estimate of drug-likeness (QED) is 0.880. The van der Waals surface area contributed by atoms with Gasteiger partial charge in [0.1, 0.15) is 5.76 Å². The molecule has 0 unspecified atom stereocenters. The number of furan rings is 1. The predicted molar refractivity (Wildman–Crippen MR) is 64.1 cm³/mol. The first-order chi connectivity index (χ1) is 6.84. The van der Waals surface area contributed by atoms with Gasteiger partial charge in [-0.05, 0) is 34.7 Å². The van der Waals surface area contributed by atoms with E-state index >= 15 is 0 Å². The number of nitrogens with zero attached hydrogens (tertiary/aromatic N) is 1. The van der Waals surface area contributed by atoms with E-state index in [2.05, 4.69) is 32.9 Å². The zero-order chi connectivity index (χ0) is 9.80. The molecule has 2 aromatic heterocycles. The zero-order valence-electron chi connectivity index (χ0n) is 7.37. The summed E-state index contributed by atoms with van der Waals surface area (Å²) in [5.74, 6) is 0.971. The van der Waals surface area contributed by atoms with Gasteiger partial charge in [-0.3, -0.25) is 4.98 Å². The predicted octanol–water partition coefficient (Wildman–Crippen LogP) is 2.63. The minimum absolute atomic E-state index is 0.765. The Morgan fingerprint density at radius 3 is 3.00 bits per heavy atom. The molecule has 1 N–H and O–H groups in total. The van der Waals surface area contributed by atoms with Gasteiger partial charge in [0.15, 0.2) is 3.77 Å². The summed E-state index contributed by atoms with van der Waals surface area (Å²) >= 11 is 3.82. The van der Waals surface area contributed by atoms with E-state index in [1.807, 2.05) is 23.8 Å². The molecule has 14 heavy (non-hydrogen) atoms. The van der Waals surface area contributed by atoms with Gasteiger partial charge in [-0.1, -0.05) is 0 Å². The standard InChI is InChI=1S/C9H9IN2OS/c10-9-2-1-7(13-9)3-11-4-8-5-12-6-14-8/h1-2,5-6,11H,3-4H2. The highest BCUT2D eigenvalue weighted by molar-refractivity contribution is 14.1. The van der Waals surface area contributed by atoms with E-state index < -0.39 is 0 Å². The highest BCUT2D eigenvalue weighted by Crippen LogP contribution is 2.10. The number of nitrogens with one attached hydrogen (secondary N) is 1. The molecule has 0 saturated heterocycles. The monoisotopic (exact) mass is 320 g/mol. The van der Waals surface area contributed by atoms with Gasteiger partial charge in [-0.2, -0.15) is 0 Å². The summed E-state index contributed by atoms with van der Waals surface area (Å²) in [5, 5.41) is 3.29. The second kappa shape index (κ2) is 4.90. The van der Waals surface area contributed by atoms with Crippen molar-refractivity contribution in [3.63, 3.8) is 0 Å². The smallest absolute Gasteiger partial charge is 0.164 e. The third-order valence-electron chi connectivity index (χ3n) is 1.71. The largest absolute Gasteiger partial charge is 0.454 e. The zero-order valence-corrected chi connectivity index (χ0v) is 10.3. The van der Waals surface area contributed by atoms with E-state index in [4.69, 9.17) is 4.42 Å². The summed E-state index contributed by atoms with van der Waals surface area (Å²) in [4.78, 5) is 5.25. The van der Waals surface area contributed by atoms with Crippen LogP contribution in [0.5, 0.6) is 0 Å². The van der Waals surface area contributed by atoms with Crippen LogP contribution < -0.4 is 5.32 Å². The number of aromatic nitrogens is 1. The van der Waals surface area contributed by atoms with Gasteiger partial charge < -0.3 is 9.73 Å². The van der Waals surface area contributed by atoms with Crippen molar-refractivity contribution in [2.45, 2.75) is 13.1 Å². The number of thiazole rings is 1. The molecule has 74 valence electrons. The van der Waals surface area contributed by atoms with E-state index in [9.17, 15) is 0 Å². The molecule has 0 atom stereocenters. The van der Waals surface area contributed by atoms with Crippen LogP contribution in [0.15, 0.2) is 28.3 Å². The normalized spacial score (nSPS) is 10.6. The fourth-order valence-electron chi connectivity index (χ4n) is 1.09. The van der Waals surface area contributed by atoms with Crippen LogP contribution in [-0.4, -0.2) is 4.98 Å². The van der Waals surface area contributed by atoms with Crippen molar-refractivity contribution in [3.05, 3.63) is 38.2 Å². The molecular weight excluding hydrogens is 311 g/mol. The number of rotatable bonds is 4. The maximum atomic E-state index is 5.41. The Balaban J connectivity index is 1.78. The highest BCUT2D eigenvalue weighted by atomic mass is 127. The highest BCUT2D eigenvalue weighted by Gasteiger charge is 1.99. The maximum absolute atomic E-state index is 5.41. The second-order valence-electron chi connectivity index (χ2n) is 2.78. The van der Waals surface area contributed by atoms with Crippen LogP contribution in [0.2, 0.25) is 0 Å². The van der Waals surface area contributed by atoms with E-state index in [0.29, 0.717) is 0 Å². The molecule has 2 rings (SSSR count). The van der Waals surface area contributed by atoms with Gasteiger partial charge in [0, 0.05) is 17.6 Å². The fraction of sp³-hybridized carbons (Fsp3) is 0.222. The van der Waals surface area contributed by atoms with E-state index in [1.165, 1.54) is 4.88 Å². The molecule has 0 aliphatic heterocycles. The number of hydrogen-bond donors (Lipinski definition) is 1. The molecule has 0 amide bonds. The number of hydrogen-bond acceptors (Lipinski definition) is 4. The Hall–Kier alpha value is -0.400. The van der Waals surface area contributed by atoms with Gasteiger partial charge in [-0.15, -0.1) is 11.3 Å². The molecule has 0 bridgehead atoms. The van der Waals surface area contributed by atoms with Crippen LogP contribution in [0.4, 0.5) is 0 Å². The summed E-state index contributed by atoms with van der Waals surface area (Å²) in [5.41, 5.74) is 1.84. The summed E-state index contributed by atoms with van der Waals surface area (Å²) in [7, 11) is 0. The Labute approximate surface area is 99.7 Å². The average molecular weight is 320 g/mol. The first kappa shape index (κ1) is 10.1. The summed E-state index contributed by atoms with van der Waals surface area (Å²) in [6, 6.07) is 3.95. The van der Waals surface area contributed by atoms with E-state index in [1.54, 1.807) is 11.3 Å². The van der Waals surface area contributed by atoms with Crippen molar-refractivity contribution < 1.29 is 4.42 Å². The van der Waals surface area contributed by atoms with Crippen LogP contribution in [0.25, 0.3) is 0 Å². The Morgan fingerprint density at radius 2 is 2.36 bits per heavy atom. The molecule has 3 nitrogen and oxygen atoms in total. The van der Waals surface area contributed by atoms with Crippen molar-refractivity contribution in [1.29, 1.82) is 0 Å². The molecule has 2 aromatic rings. The third-order valence-corrected chi connectivity index (χ3v) is 3.07. The SMILES string of the molecule is Ic1ccc(CNCc2cncs2)o1. The molecule has 2 heterocycles. The molecular formula is C9H9IN2OS. The van der Waals surface area contributed by atoms with Gasteiger partial charge in [0.05, 0.1) is 12.1 Å². The van der Waals surface area contributed by atoms with Gasteiger partial charge in [-0.25, -0.2) is 0 Å². The third kappa shape index (κ3) is 2.79. The Bertz CT molecular complexity index is 385. The summed E-state index contributed by atoms with van der Waals surface area (Å²) in [6.07, 6.45) is 1.88. The number of halogens is 1. The van der Waals surface area contributed by atoms with E-state index in [0.717, 1.165) is 22.6 Å². The van der Waals surface area contributed by atoms with Gasteiger partial charge >= 0.3 is 0 Å². The van der Waals surface area contributed by atoms with Gasteiger partial charge in [0.25, 0.3) is 0 Å². The van der Waals surface area contributed by atoms with Crippen LogP contribution in [-0.2, 0) is 13.1 Å². The molecule has 5 heteroatoms. The topological polar surface area (TPSA) is 38.1 Å². The fourth-order valence-corrected chi connectivity index (χ4v) is 2.11. The van der Waals surface area contributed by atoms with Crippen LogP contribution >= 0.6 is 33.9 Å². The van der Waals surface area contributed by atoms with Crippen LogP contribution in [0.3, 0.4) is 0 Å². The molecule has 0 fully saturated rings. The van der Waals surface area contributed by atoms with Crippen molar-refractivity contribution in [2.24, 2.45) is 0 Å². The van der Waals surface area contributed by atoms with Crippen LogP contribution in [0.1, 0.15) is 10.6 Å². The molecule has 0 aromatic carbocycles. The maximum Gasteiger partial charge on any atom is 0.164 e. The Morgan fingerprint density at radius 1 is 1.43 bits per heavy atom. The molecule has 0 spiro atoms. The lowest BCUT2D eigenvalue weighted by Crippen LogP contribution is -2.10. The lowest BCUT2D eigenvalue weighted by atomic mass is 10.4. The summed E-state index contributed by atoms with van der Waals surface area (Å²) < 4.78 is 6.34. The first-order valence-corrected chi connectivity index (χ1v) is 6.13. The lowest BCUT2D eigenvalue weighted by Gasteiger charge is -1.98. The molecule has 0 radical (unpaired) electrons. The lowest BCUT2D eigenvalue weighted by molar-refractivity contribution is 0.463. The molecule has 0 aliphatic carbocycles. The second-order valence-corrected chi connectivity index (χ2v) is 4.81. The van der Waals surface area contributed by atoms with Crippen molar-refractivity contribution >= 4 is 33.9 Å². The minimum Gasteiger partial charge on any atom is -0.454 e. The van der Waals surface area contributed by atoms with Crippen LogP contribution in [0, 0.1) is 3.77 Å². The minimum atomic E-state index is 0.765. The van der Waals surface area contributed by atoms with Crippen molar-refractivity contribution in [2.75, 3.05) is 0 Å². The van der Waals surface area contributed by atoms with E-state index in [-0.39, 0.29) is 0 Å². The summed E-state index contributed by atoms with van der Waals surface area (Å²) in [6.45, 7) is 1.61. The van der Waals surface area contributed by atoms with Crippen molar-refractivity contribution in [3.8, 4) is 0 Å². The average Bonchev–Trinajstić information content (AvgIpc) is 2.77. The first-order valence-electron chi connectivity index (χ1n) is 4.17. The molecule has 0 saturated carbocycles. The molecule has 0 aliphatic rings. The van der Waals surface area contributed by atoms with Crippen molar-refractivity contribution in [1.82, 2.24) is 10.3 Å².